The lowest BCUT2D eigenvalue weighted by molar-refractivity contribution is -0.149. The molecule has 2 aromatic rings. The molecule has 0 aromatic heterocycles. The maximum atomic E-state index is 12.2. The van der Waals surface area contributed by atoms with Crippen molar-refractivity contribution in [2.45, 2.75) is 6.04 Å². The molecule has 0 saturated carbocycles. The second-order valence-electron chi connectivity index (χ2n) is 6.43. The molecule has 8 nitrogen and oxygen atoms in total. The first-order valence-electron chi connectivity index (χ1n) is 9.64. The van der Waals surface area contributed by atoms with Gasteiger partial charge in [0.2, 0.25) is 5.91 Å². The predicted octanol–water partition coefficient (Wildman–Crippen LogP) is 2.63. The fraction of sp³-hybridized carbons (Fsp3) is 0.208. The van der Waals surface area contributed by atoms with Gasteiger partial charge in [0.15, 0.2) is 6.04 Å². The van der Waals surface area contributed by atoms with Crippen molar-refractivity contribution >= 4 is 30.0 Å². The molecule has 0 bridgehead atoms. The van der Waals surface area contributed by atoms with E-state index in [1.54, 1.807) is 74.9 Å². The molecule has 8 heteroatoms. The summed E-state index contributed by atoms with van der Waals surface area (Å²) in [5.74, 6) is -0.551. The molecule has 0 unspecified atom stereocenters. The van der Waals surface area contributed by atoms with Crippen molar-refractivity contribution in [1.29, 1.82) is 0 Å². The highest BCUT2D eigenvalue weighted by atomic mass is 16.5. The Morgan fingerprint density at radius 2 is 1.31 bits per heavy atom. The lowest BCUT2D eigenvalue weighted by atomic mass is 10.2. The predicted molar refractivity (Wildman–Crippen MR) is 119 cm³/mol. The van der Waals surface area contributed by atoms with Crippen LogP contribution in [0.1, 0.15) is 11.1 Å². The molecule has 2 aromatic carbocycles. The number of benzene rings is 2. The molecule has 32 heavy (non-hydrogen) atoms. The van der Waals surface area contributed by atoms with Gasteiger partial charge in [-0.25, -0.2) is 9.59 Å². The minimum absolute atomic E-state index is 0.374. The molecule has 168 valence electrons. The van der Waals surface area contributed by atoms with E-state index in [-0.39, 0.29) is 6.61 Å². The Labute approximate surface area is 186 Å². The van der Waals surface area contributed by atoms with Gasteiger partial charge in [-0.15, -0.1) is 0 Å². The van der Waals surface area contributed by atoms with Gasteiger partial charge in [-0.1, -0.05) is 24.3 Å². The summed E-state index contributed by atoms with van der Waals surface area (Å²) in [5.41, 5.74) is 1.54. The van der Waals surface area contributed by atoms with Crippen molar-refractivity contribution in [3.63, 3.8) is 0 Å². The van der Waals surface area contributed by atoms with Gasteiger partial charge in [-0.05, 0) is 47.5 Å². The number of ether oxygens (including phenoxy) is 4. The van der Waals surface area contributed by atoms with Crippen molar-refractivity contribution in [1.82, 2.24) is 5.32 Å². The number of hydrogen-bond donors (Lipinski definition) is 1. The lowest BCUT2D eigenvalue weighted by Gasteiger charge is -2.15. The van der Waals surface area contributed by atoms with Gasteiger partial charge < -0.3 is 24.3 Å². The molecular weight excluding hydrogens is 414 g/mol. The Hall–Kier alpha value is -4.07. The van der Waals surface area contributed by atoms with E-state index in [4.69, 9.17) is 14.2 Å². The summed E-state index contributed by atoms with van der Waals surface area (Å²) in [5, 5.41) is 2.46. The summed E-state index contributed by atoms with van der Waals surface area (Å²) in [6.07, 6.45) is 5.63. The lowest BCUT2D eigenvalue weighted by Crippen LogP contribution is -2.44. The highest BCUT2D eigenvalue weighted by Crippen LogP contribution is 2.13. The second-order valence-corrected chi connectivity index (χ2v) is 6.43. The zero-order valence-corrected chi connectivity index (χ0v) is 18.1. The van der Waals surface area contributed by atoms with Crippen LogP contribution in [0.3, 0.4) is 0 Å². The average molecular weight is 439 g/mol. The first-order valence-corrected chi connectivity index (χ1v) is 9.64. The summed E-state index contributed by atoms with van der Waals surface area (Å²) in [6.45, 7) is -0.374. The Bertz CT molecular complexity index is 963. The molecule has 0 fully saturated rings. The van der Waals surface area contributed by atoms with Crippen molar-refractivity contribution in [3.05, 3.63) is 71.8 Å². The third kappa shape index (κ3) is 7.98. The number of methoxy groups -OCH3 is 3. The Morgan fingerprint density at radius 3 is 1.78 bits per heavy atom. The normalized spacial score (nSPS) is 11.7. The first-order chi connectivity index (χ1) is 15.4. The number of rotatable bonds is 10. The summed E-state index contributed by atoms with van der Waals surface area (Å²) in [6, 6.07) is 13.0. The number of amides is 1. The van der Waals surface area contributed by atoms with Crippen molar-refractivity contribution in [3.8, 4) is 11.5 Å². The maximum absolute atomic E-state index is 12.2. The van der Waals surface area contributed by atoms with Crippen LogP contribution < -0.4 is 14.8 Å². The Kier molecular flexibility index (Phi) is 9.52. The third-order valence-electron chi connectivity index (χ3n) is 4.27. The zero-order chi connectivity index (χ0) is 23.3. The standard InChI is InChI=1S/C24H25NO7/c1-29-19-10-4-17(5-11-19)8-14-22(26)25-21(24(28)31-3)16-32-23(27)15-9-18-6-12-20(30-2)13-7-18/h4-15,21H,16H2,1-3H3,(H,25,26)/b14-8+,15-9+/t21-/m0/s1. The van der Waals surface area contributed by atoms with Crippen LogP contribution in [0, 0.1) is 0 Å². The van der Waals surface area contributed by atoms with Crippen LogP contribution in [0.2, 0.25) is 0 Å². The van der Waals surface area contributed by atoms with Gasteiger partial charge >= 0.3 is 11.9 Å². The Morgan fingerprint density at radius 1 is 0.812 bits per heavy atom. The van der Waals surface area contributed by atoms with Crippen molar-refractivity contribution in [2.75, 3.05) is 27.9 Å². The summed E-state index contributed by atoms with van der Waals surface area (Å²) < 4.78 is 19.9. The van der Waals surface area contributed by atoms with Crippen LogP contribution in [0.4, 0.5) is 0 Å². The van der Waals surface area contributed by atoms with E-state index in [0.717, 1.165) is 11.1 Å². The quantitative estimate of drug-likeness (QED) is 0.449. The topological polar surface area (TPSA) is 100 Å². The van der Waals surface area contributed by atoms with E-state index < -0.39 is 23.9 Å². The zero-order valence-electron chi connectivity index (χ0n) is 18.1. The number of carbonyl (C=O) groups is 3. The number of hydrogen-bond acceptors (Lipinski definition) is 7. The van der Waals surface area contributed by atoms with Gasteiger partial charge in [0.1, 0.15) is 18.1 Å². The van der Waals surface area contributed by atoms with E-state index in [0.29, 0.717) is 11.5 Å². The van der Waals surface area contributed by atoms with Crippen molar-refractivity contribution < 1.29 is 33.3 Å². The molecule has 0 aliphatic carbocycles. The minimum atomic E-state index is -1.15. The summed E-state index contributed by atoms with van der Waals surface area (Å²) >= 11 is 0. The fourth-order valence-electron chi connectivity index (χ4n) is 2.51. The SMILES string of the molecule is COC(=O)[C@H](COC(=O)/C=C/c1ccc(OC)cc1)NC(=O)/C=C/c1ccc(OC)cc1. The number of nitrogens with one attached hydrogen (secondary N) is 1. The molecule has 0 spiro atoms. The van der Waals surface area contributed by atoms with Gasteiger partial charge in [0, 0.05) is 12.2 Å². The van der Waals surface area contributed by atoms with E-state index in [1.807, 2.05) is 0 Å². The third-order valence-corrected chi connectivity index (χ3v) is 4.27. The first kappa shape index (κ1) is 24.2. The molecule has 0 radical (unpaired) electrons. The van der Waals surface area contributed by atoms with Crippen LogP contribution in [-0.4, -0.2) is 51.8 Å². The van der Waals surface area contributed by atoms with E-state index in [9.17, 15) is 14.4 Å². The Balaban J connectivity index is 1.90. The molecule has 0 aliphatic rings. The van der Waals surface area contributed by atoms with E-state index >= 15 is 0 Å². The van der Waals surface area contributed by atoms with Crippen LogP contribution in [-0.2, 0) is 23.9 Å². The van der Waals surface area contributed by atoms with Gasteiger partial charge in [0.25, 0.3) is 0 Å². The van der Waals surface area contributed by atoms with Gasteiger partial charge in [0.05, 0.1) is 21.3 Å². The highest BCUT2D eigenvalue weighted by Gasteiger charge is 2.22. The largest absolute Gasteiger partial charge is 0.497 e. The van der Waals surface area contributed by atoms with Gasteiger partial charge in [-0.3, -0.25) is 4.79 Å². The molecule has 2 rings (SSSR count). The summed E-state index contributed by atoms with van der Waals surface area (Å²) in [7, 11) is 4.31. The molecule has 0 aliphatic heterocycles. The highest BCUT2D eigenvalue weighted by molar-refractivity contribution is 5.95. The minimum Gasteiger partial charge on any atom is -0.497 e. The summed E-state index contributed by atoms with van der Waals surface area (Å²) in [4.78, 5) is 36.1. The molecule has 0 saturated heterocycles. The van der Waals surface area contributed by atoms with Gasteiger partial charge in [-0.2, -0.15) is 0 Å². The van der Waals surface area contributed by atoms with Crippen molar-refractivity contribution in [2.24, 2.45) is 0 Å². The smallest absolute Gasteiger partial charge is 0.331 e. The molecule has 1 amide bonds. The van der Waals surface area contributed by atoms with E-state index in [1.165, 1.54) is 19.3 Å². The second kappa shape index (κ2) is 12.6. The van der Waals surface area contributed by atoms with Crippen LogP contribution in [0.5, 0.6) is 11.5 Å². The maximum Gasteiger partial charge on any atom is 0.331 e. The van der Waals surface area contributed by atoms with Crippen LogP contribution >= 0.6 is 0 Å². The van der Waals surface area contributed by atoms with E-state index in [2.05, 4.69) is 10.1 Å². The van der Waals surface area contributed by atoms with Crippen LogP contribution in [0.25, 0.3) is 12.2 Å². The average Bonchev–Trinajstić information content (AvgIpc) is 2.84. The fourth-order valence-corrected chi connectivity index (χ4v) is 2.51. The molecule has 0 heterocycles. The number of esters is 2. The molecule has 1 N–H and O–H groups in total. The molecular formula is C24H25NO7. The molecule has 1 atom stereocenters. The number of carbonyl (C=O) groups excluding carboxylic acids is 3. The van der Waals surface area contributed by atoms with Crippen LogP contribution in [0.15, 0.2) is 60.7 Å². The monoisotopic (exact) mass is 439 g/mol.